The van der Waals surface area contributed by atoms with Crippen LogP contribution in [0.4, 0.5) is 0 Å². The van der Waals surface area contributed by atoms with E-state index in [9.17, 15) is 9.59 Å². The Morgan fingerprint density at radius 1 is 0.388 bits per heavy atom. The van der Waals surface area contributed by atoms with Crippen LogP contribution in [0.3, 0.4) is 0 Å². The van der Waals surface area contributed by atoms with E-state index in [1.54, 1.807) is 13.8 Å². The Labute approximate surface area is 304 Å². The molecule has 0 amide bonds. The number of carbonyl (C=O) groups excluding carboxylic acids is 2. The van der Waals surface area contributed by atoms with Gasteiger partial charge in [-0.2, -0.15) is 0 Å². The maximum atomic E-state index is 12.8. The van der Waals surface area contributed by atoms with Crippen LogP contribution in [0, 0.1) is 0 Å². The summed E-state index contributed by atoms with van der Waals surface area (Å²) in [4.78, 5) is 25.7. The lowest BCUT2D eigenvalue weighted by Gasteiger charge is -2.28. The van der Waals surface area contributed by atoms with Crippen molar-refractivity contribution in [3.8, 4) is 0 Å². The second-order valence-corrected chi connectivity index (χ2v) is 14.9. The van der Waals surface area contributed by atoms with Crippen molar-refractivity contribution in [1.82, 2.24) is 0 Å². The number of hydrogen-bond donors (Lipinski definition) is 0. The minimum Gasteiger partial charge on any atom is -0.464 e. The Balaban J connectivity index is 2.40. The van der Waals surface area contributed by atoms with Crippen LogP contribution in [-0.4, -0.2) is 43.1 Å². The van der Waals surface area contributed by atoms with Crippen LogP contribution in [-0.2, 0) is 28.5 Å². The van der Waals surface area contributed by atoms with Crippen LogP contribution >= 0.6 is 0 Å². The molecule has 0 aromatic heterocycles. The van der Waals surface area contributed by atoms with Crippen LogP contribution in [0.5, 0.6) is 0 Å². The molecule has 6 nitrogen and oxygen atoms in total. The molecule has 1 fully saturated rings. The summed E-state index contributed by atoms with van der Waals surface area (Å²) in [5, 5.41) is 0. The highest BCUT2D eigenvalue weighted by molar-refractivity contribution is 5.86. The number of carbonyl (C=O) groups is 2. The molecular weight excluding hydrogens is 612 g/mol. The smallest absolute Gasteiger partial charge is 0.338 e. The maximum absolute atomic E-state index is 12.8. The Morgan fingerprint density at radius 3 is 0.837 bits per heavy atom. The summed E-state index contributed by atoms with van der Waals surface area (Å²) in [7, 11) is 0. The van der Waals surface area contributed by atoms with Crippen molar-refractivity contribution in [2.24, 2.45) is 0 Å². The molecule has 290 valence electrons. The van der Waals surface area contributed by atoms with E-state index in [4.69, 9.17) is 18.9 Å². The number of esters is 2. The van der Waals surface area contributed by atoms with Gasteiger partial charge in [0.1, 0.15) is 0 Å². The van der Waals surface area contributed by atoms with Gasteiger partial charge in [-0.05, 0) is 26.7 Å². The lowest BCUT2D eigenvalue weighted by molar-refractivity contribution is -0.197. The predicted octanol–water partition coefficient (Wildman–Crippen LogP) is 13.1. The van der Waals surface area contributed by atoms with Crippen molar-refractivity contribution in [1.29, 1.82) is 0 Å². The van der Waals surface area contributed by atoms with E-state index in [0.29, 0.717) is 12.8 Å². The molecule has 2 atom stereocenters. The third kappa shape index (κ3) is 23.9. The molecule has 1 saturated heterocycles. The number of hydrogen-bond acceptors (Lipinski definition) is 6. The molecular formula is C43H82O6. The minimum absolute atomic E-state index is 0.235. The molecule has 0 saturated carbocycles. The summed E-state index contributed by atoms with van der Waals surface area (Å²) in [6.07, 6.45) is 38.6. The van der Waals surface area contributed by atoms with Gasteiger partial charge < -0.3 is 18.9 Å². The van der Waals surface area contributed by atoms with Crippen molar-refractivity contribution in [2.75, 3.05) is 13.2 Å². The average molecular weight is 695 g/mol. The summed E-state index contributed by atoms with van der Waals surface area (Å²) in [5.41, 5.74) is 0. The van der Waals surface area contributed by atoms with Crippen molar-refractivity contribution in [2.45, 2.75) is 251 Å². The van der Waals surface area contributed by atoms with Crippen molar-refractivity contribution >= 4 is 11.9 Å². The zero-order valence-electron chi connectivity index (χ0n) is 33.1. The summed E-state index contributed by atoms with van der Waals surface area (Å²) in [6, 6.07) is 0. The normalized spacial score (nSPS) is 17.1. The van der Waals surface area contributed by atoms with E-state index < -0.39 is 29.9 Å². The molecule has 1 heterocycles. The van der Waals surface area contributed by atoms with Crippen molar-refractivity contribution in [3.63, 3.8) is 0 Å². The molecule has 49 heavy (non-hydrogen) atoms. The first-order valence-corrected chi connectivity index (χ1v) is 21.7. The average Bonchev–Trinajstić information content (AvgIpc) is 3.48. The molecule has 0 radical (unpaired) electrons. The molecule has 6 heteroatoms. The van der Waals surface area contributed by atoms with Crippen LogP contribution in [0.2, 0.25) is 0 Å². The SMILES string of the molecule is CCCCCCCCCCCCCCCCCC1(CCCCCCCCCCCCCCCCC)O[C@@H](C(=O)OCC)[C@H](C(=O)OCC)O1. The van der Waals surface area contributed by atoms with Gasteiger partial charge in [-0.3, -0.25) is 0 Å². The molecule has 0 aliphatic carbocycles. The van der Waals surface area contributed by atoms with E-state index in [0.717, 1.165) is 25.7 Å². The first-order chi connectivity index (χ1) is 24.0. The lowest BCUT2D eigenvalue weighted by atomic mass is 9.98. The van der Waals surface area contributed by atoms with E-state index in [1.807, 2.05) is 0 Å². The molecule has 0 unspecified atom stereocenters. The summed E-state index contributed by atoms with van der Waals surface area (Å²) in [5.74, 6) is -1.99. The fraction of sp³-hybridized carbons (Fsp3) is 0.953. The first kappa shape index (κ1) is 45.9. The molecule has 1 aliphatic heterocycles. The zero-order chi connectivity index (χ0) is 35.7. The fourth-order valence-corrected chi connectivity index (χ4v) is 7.30. The van der Waals surface area contributed by atoms with Gasteiger partial charge in [0.15, 0.2) is 18.0 Å². The molecule has 0 spiro atoms. The van der Waals surface area contributed by atoms with E-state index in [2.05, 4.69) is 13.8 Å². The Morgan fingerprint density at radius 2 is 0.612 bits per heavy atom. The van der Waals surface area contributed by atoms with Gasteiger partial charge in [-0.15, -0.1) is 0 Å². The quantitative estimate of drug-likeness (QED) is 0.0480. The molecule has 0 bridgehead atoms. The monoisotopic (exact) mass is 695 g/mol. The second-order valence-electron chi connectivity index (χ2n) is 14.9. The van der Waals surface area contributed by atoms with Gasteiger partial charge in [0.25, 0.3) is 0 Å². The third-order valence-electron chi connectivity index (χ3n) is 10.3. The van der Waals surface area contributed by atoms with Crippen molar-refractivity contribution < 1.29 is 28.5 Å². The second kappa shape index (κ2) is 32.7. The largest absolute Gasteiger partial charge is 0.464 e. The standard InChI is InChI=1S/C43H82O6/c1-5-9-11-13-15-17-19-21-23-25-27-29-31-33-35-37-43(48-39(41(44)46-7-3)40(49-43)42(45)47-8-4)38-36-34-32-30-28-26-24-22-20-18-16-14-12-10-6-2/h39-40H,5-38H2,1-4H3/t39-,40-/m1/s1. The molecule has 1 rings (SSSR count). The van der Waals surface area contributed by atoms with Crippen LogP contribution < -0.4 is 0 Å². The van der Waals surface area contributed by atoms with Gasteiger partial charge in [0, 0.05) is 12.8 Å². The first-order valence-electron chi connectivity index (χ1n) is 21.7. The summed E-state index contributed by atoms with van der Waals surface area (Å²) < 4.78 is 23.3. The highest BCUT2D eigenvalue weighted by Gasteiger charge is 2.54. The lowest BCUT2D eigenvalue weighted by Crippen LogP contribution is -2.39. The predicted molar refractivity (Wildman–Crippen MR) is 205 cm³/mol. The van der Waals surface area contributed by atoms with Gasteiger partial charge in [-0.25, -0.2) is 9.59 Å². The maximum Gasteiger partial charge on any atom is 0.338 e. The molecule has 1 aliphatic rings. The minimum atomic E-state index is -1.06. The topological polar surface area (TPSA) is 71.1 Å². The zero-order valence-corrected chi connectivity index (χ0v) is 33.1. The van der Waals surface area contributed by atoms with Gasteiger partial charge >= 0.3 is 11.9 Å². The number of rotatable bonds is 36. The Bertz CT molecular complexity index is 693. The van der Waals surface area contributed by atoms with Gasteiger partial charge in [0.2, 0.25) is 0 Å². The Kier molecular flexibility index (Phi) is 30.7. The van der Waals surface area contributed by atoms with Crippen LogP contribution in [0.15, 0.2) is 0 Å². The molecule has 0 aromatic carbocycles. The van der Waals surface area contributed by atoms with Crippen LogP contribution in [0.1, 0.15) is 233 Å². The highest BCUT2D eigenvalue weighted by Crippen LogP contribution is 2.39. The van der Waals surface area contributed by atoms with Crippen LogP contribution in [0.25, 0.3) is 0 Å². The summed E-state index contributed by atoms with van der Waals surface area (Å²) in [6.45, 7) is 8.57. The number of ether oxygens (including phenoxy) is 4. The van der Waals surface area contributed by atoms with Crippen molar-refractivity contribution in [3.05, 3.63) is 0 Å². The van der Waals surface area contributed by atoms with Gasteiger partial charge in [-0.1, -0.05) is 194 Å². The molecule has 0 aromatic rings. The third-order valence-corrected chi connectivity index (χ3v) is 10.3. The van der Waals surface area contributed by atoms with Gasteiger partial charge in [0.05, 0.1) is 13.2 Å². The Hall–Kier alpha value is -1.14. The summed E-state index contributed by atoms with van der Waals surface area (Å²) >= 11 is 0. The van der Waals surface area contributed by atoms with E-state index in [1.165, 1.54) is 167 Å². The van der Waals surface area contributed by atoms with E-state index >= 15 is 0 Å². The highest BCUT2D eigenvalue weighted by atomic mass is 16.8. The molecule has 0 N–H and O–H groups in total. The van der Waals surface area contributed by atoms with E-state index in [-0.39, 0.29) is 13.2 Å². The fourth-order valence-electron chi connectivity index (χ4n) is 7.30. The number of unbranched alkanes of at least 4 members (excludes halogenated alkanes) is 28.